The number of anilines is 2. The number of hydrogen-bond donors (Lipinski definition) is 2. The van der Waals surface area contributed by atoms with Crippen LogP contribution in [-0.2, 0) is 0 Å². The predicted molar refractivity (Wildman–Crippen MR) is 139 cm³/mol. The van der Waals surface area contributed by atoms with Crippen LogP contribution in [0.2, 0.25) is 0 Å². The lowest BCUT2D eigenvalue weighted by Gasteiger charge is -2.18. The van der Waals surface area contributed by atoms with E-state index < -0.39 is 11.8 Å². The van der Waals surface area contributed by atoms with E-state index in [-0.39, 0.29) is 11.1 Å². The molecule has 8 nitrogen and oxygen atoms in total. The Morgan fingerprint density at radius 3 is 1.17 bits per heavy atom. The van der Waals surface area contributed by atoms with Crippen molar-refractivity contribution in [3.8, 4) is 23.0 Å². The lowest BCUT2D eigenvalue weighted by Crippen LogP contribution is -2.19. The Labute approximate surface area is 208 Å². The second-order valence-corrected chi connectivity index (χ2v) is 7.73. The molecule has 2 N–H and O–H groups in total. The molecule has 4 aromatic rings. The predicted octanol–water partition coefficient (Wildman–Crippen LogP) is 5.38. The van der Waals surface area contributed by atoms with E-state index in [2.05, 4.69) is 10.6 Å². The first-order chi connectivity index (χ1) is 17.5. The molecule has 0 saturated carbocycles. The molecule has 184 valence electrons. The van der Waals surface area contributed by atoms with Crippen molar-refractivity contribution in [2.45, 2.75) is 0 Å². The van der Waals surface area contributed by atoms with Gasteiger partial charge >= 0.3 is 0 Å². The van der Waals surface area contributed by atoms with Crippen LogP contribution in [0.5, 0.6) is 23.0 Å². The number of methoxy groups -OCH3 is 4. The summed E-state index contributed by atoms with van der Waals surface area (Å²) >= 11 is 0. The topological polar surface area (TPSA) is 95.1 Å². The van der Waals surface area contributed by atoms with E-state index in [9.17, 15) is 9.59 Å². The van der Waals surface area contributed by atoms with Crippen LogP contribution < -0.4 is 29.6 Å². The molecule has 0 spiro atoms. The highest BCUT2D eigenvalue weighted by atomic mass is 16.5. The summed E-state index contributed by atoms with van der Waals surface area (Å²) in [5, 5.41) is 7.58. The first kappa shape index (κ1) is 24.4. The monoisotopic (exact) mass is 486 g/mol. The Morgan fingerprint density at radius 2 is 0.861 bits per heavy atom. The number of benzene rings is 4. The number of carbonyl (C=O) groups excluding carboxylic acids is 2. The zero-order valence-electron chi connectivity index (χ0n) is 20.4. The SMILES string of the molecule is COc1cccc(OC)c1C(=O)Nc1cc2ccccc2cc1NC(=O)c1c(OC)cccc1OC. The van der Waals surface area contributed by atoms with Crippen molar-refractivity contribution < 1.29 is 28.5 Å². The summed E-state index contributed by atoms with van der Waals surface area (Å²) in [6.07, 6.45) is 0. The fourth-order valence-corrected chi connectivity index (χ4v) is 3.97. The molecule has 36 heavy (non-hydrogen) atoms. The maximum Gasteiger partial charge on any atom is 0.263 e. The van der Waals surface area contributed by atoms with Crippen molar-refractivity contribution in [2.75, 3.05) is 39.1 Å². The van der Waals surface area contributed by atoms with Crippen molar-refractivity contribution in [1.82, 2.24) is 0 Å². The summed E-state index contributed by atoms with van der Waals surface area (Å²) < 4.78 is 21.5. The first-order valence-corrected chi connectivity index (χ1v) is 11.1. The van der Waals surface area contributed by atoms with Gasteiger partial charge in [-0.05, 0) is 47.2 Å². The minimum atomic E-state index is -0.454. The van der Waals surface area contributed by atoms with Gasteiger partial charge in [0.1, 0.15) is 34.1 Å². The Kier molecular flexibility index (Phi) is 7.25. The van der Waals surface area contributed by atoms with Crippen molar-refractivity contribution in [2.24, 2.45) is 0 Å². The number of nitrogens with one attached hydrogen (secondary N) is 2. The quantitative estimate of drug-likeness (QED) is 0.347. The molecule has 0 radical (unpaired) electrons. The Balaban J connectivity index is 1.77. The average molecular weight is 487 g/mol. The molecular weight excluding hydrogens is 460 g/mol. The number of fused-ring (bicyclic) bond motifs is 1. The van der Waals surface area contributed by atoms with Crippen LogP contribution in [0.1, 0.15) is 20.7 Å². The smallest absolute Gasteiger partial charge is 0.263 e. The van der Waals surface area contributed by atoms with Crippen LogP contribution in [0, 0.1) is 0 Å². The summed E-state index contributed by atoms with van der Waals surface area (Å²) in [4.78, 5) is 26.8. The zero-order valence-corrected chi connectivity index (χ0v) is 20.4. The third-order valence-corrected chi connectivity index (χ3v) is 5.69. The maximum absolute atomic E-state index is 13.4. The lowest BCUT2D eigenvalue weighted by molar-refractivity contribution is 0.101. The molecule has 8 heteroatoms. The third-order valence-electron chi connectivity index (χ3n) is 5.69. The fraction of sp³-hybridized carbons (Fsp3) is 0.143. The zero-order chi connectivity index (χ0) is 25.7. The van der Waals surface area contributed by atoms with Gasteiger partial charge in [-0.2, -0.15) is 0 Å². The number of ether oxygens (including phenoxy) is 4. The Morgan fingerprint density at radius 1 is 0.528 bits per heavy atom. The lowest BCUT2D eigenvalue weighted by atomic mass is 10.1. The number of amides is 2. The fourth-order valence-electron chi connectivity index (χ4n) is 3.97. The molecule has 4 aromatic carbocycles. The molecule has 0 bridgehead atoms. The van der Waals surface area contributed by atoms with E-state index in [4.69, 9.17) is 18.9 Å². The molecule has 0 fully saturated rings. The normalized spacial score (nSPS) is 10.4. The Hall–Kier alpha value is -4.72. The van der Waals surface area contributed by atoms with Crippen LogP contribution in [-0.4, -0.2) is 40.3 Å². The summed E-state index contributed by atoms with van der Waals surface area (Å²) in [6.45, 7) is 0. The minimum absolute atomic E-state index is 0.235. The van der Waals surface area contributed by atoms with Gasteiger partial charge in [0.05, 0.1) is 39.8 Å². The summed E-state index contributed by atoms with van der Waals surface area (Å²) in [6, 6.07) is 21.4. The molecular formula is C28H26N2O6. The van der Waals surface area contributed by atoms with Gasteiger partial charge in [0, 0.05) is 0 Å². The minimum Gasteiger partial charge on any atom is -0.496 e. The molecule has 0 aliphatic heterocycles. The van der Waals surface area contributed by atoms with E-state index >= 15 is 0 Å². The first-order valence-electron chi connectivity index (χ1n) is 11.1. The van der Waals surface area contributed by atoms with E-state index in [0.717, 1.165) is 10.8 Å². The van der Waals surface area contributed by atoms with Gasteiger partial charge in [0.15, 0.2) is 0 Å². The van der Waals surface area contributed by atoms with E-state index in [0.29, 0.717) is 34.4 Å². The van der Waals surface area contributed by atoms with Gasteiger partial charge < -0.3 is 29.6 Å². The van der Waals surface area contributed by atoms with Crippen LogP contribution in [0.25, 0.3) is 10.8 Å². The number of rotatable bonds is 8. The van der Waals surface area contributed by atoms with Gasteiger partial charge in [-0.15, -0.1) is 0 Å². The molecule has 0 unspecified atom stereocenters. The molecule has 0 atom stereocenters. The van der Waals surface area contributed by atoms with Crippen LogP contribution >= 0.6 is 0 Å². The van der Waals surface area contributed by atoms with E-state index in [1.165, 1.54) is 28.4 Å². The number of carbonyl (C=O) groups is 2. The molecule has 0 aromatic heterocycles. The average Bonchev–Trinajstić information content (AvgIpc) is 2.91. The van der Waals surface area contributed by atoms with Gasteiger partial charge in [-0.3, -0.25) is 9.59 Å². The largest absolute Gasteiger partial charge is 0.496 e. The van der Waals surface area contributed by atoms with Gasteiger partial charge in [0.2, 0.25) is 0 Å². The summed E-state index contributed by atoms with van der Waals surface area (Å²) in [5.74, 6) is 0.526. The van der Waals surface area contributed by atoms with Crippen LogP contribution in [0.15, 0.2) is 72.8 Å². The molecule has 0 saturated heterocycles. The highest BCUT2D eigenvalue weighted by molar-refractivity contribution is 6.14. The van der Waals surface area contributed by atoms with Crippen molar-refractivity contribution in [3.63, 3.8) is 0 Å². The van der Waals surface area contributed by atoms with Gasteiger partial charge in [-0.1, -0.05) is 36.4 Å². The highest BCUT2D eigenvalue weighted by Crippen LogP contribution is 2.34. The summed E-state index contributed by atoms with van der Waals surface area (Å²) in [7, 11) is 5.92. The van der Waals surface area contributed by atoms with Gasteiger partial charge in [-0.25, -0.2) is 0 Å². The van der Waals surface area contributed by atoms with Crippen LogP contribution in [0.4, 0.5) is 11.4 Å². The highest BCUT2D eigenvalue weighted by Gasteiger charge is 2.22. The second-order valence-electron chi connectivity index (χ2n) is 7.73. The molecule has 0 heterocycles. The molecule has 0 aliphatic carbocycles. The molecule has 4 rings (SSSR count). The molecule has 0 aliphatic rings. The second kappa shape index (κ2) is 10.7. The van der Waals surface area contributed by atoms with Crippen LogP contribution in [0.3, 0.4) is 0 Å². The van der Waals surface area contributed by atoms with Crippen molar-refractivity contribution >= 4 is 34.0 Å². The van der Waals surface area contributed by atoms with Crippen molar-refractivity contribution in [1.29, 1.82) is 0 Å². The summed E-state index contributed by atoms with van der Waals surface area (Å²) in [5.41, 5.74) is 1.27. The standard InChI is InChI=1S/C28H26N2O6/c1-33-21-11-7-12-22(34-2)25(21)27(31)29-19-15-17-9-5-6-10-18(17)16-20(19)30-28(32)26-23(35-3)13-8-14-24(26)36-4/h5-16H,1-4H3,(H,29,31)(H,30,32). The van der Waals surface area contributed by atoms with E-state index in [1.807, 2.05) is 24.3 Å². The Bertz CT molecular complexity index is 1280. The maximum atomic E-state index is 13.4. The van der Waals surface area contributed by atoms with Crippen molar-refractivity contribution in [3.05, 3.63) is 83.9 Å². The number of hydrogen-bond acceptors (Lipinski definition) is 6. The molecule has 2 amide bonds. The van der Waals surface area contributed by atoms with Gasteiger partial charge in [0.25, 0.3) is 11.8 Å². The van der Waals surface area contributed by atoms with E-state index in [1.54, 1.807) is 48.5 Å². The third kappa shape index (κ3) is 4.74.